The maximum Gasteiger partial charge on any atom is 0.276 e. The molecule has 2 heterocycles. The average Bonchev–Trinajstić information content (AvgIpc) is 2.82. The van der Waals surface area contributed by atoms with Crippen molar-refractivity contribution in [2.45, 2.75) is 13.5 Å². The fourth-order valence-corrected chi connectivity index (χ4v) is 3.11. The number of rotatable bonds is 3. The van der Waals surface area contributed by atoms with Crippen LogP contribution in [0.2, 0.25) is 5.02 Å². The van der Waals surface area contributed by atoms with Crippen LogP contribution in [0.3, 0.4) is 0 Å². The summed E-state index contributed by atoms with van der Waals surface area (Å²) in [6.45, 7) is 5.23. The third-order valence-electron chi connectivity index (χ3n) is 4.42. The summed E-state index contributed by atoms with van der Waals surface area (Å²) >= 11 is 6.20. The minimum atomic E-state index is -0.221. The Morgan fingerprint density at radius 3 is 2.58 bits per heavy atom. The molecule has 0 N–H and O–H groups in total. The third-order valence-corrected chi connectivity index (χ3v) is 4.87. The number of carbonyl (C=O) groups excluding carboxylic acids is 1. The predicted octanol–water partition coefficient (Wildman–Crippen LogP) is 2.48. The van der Waals surface area contributed by atoms with Crippen molar-refractivity contribution in [1.82, 2.24) is 19.6 Å². The number of halogens is 2. The lowest BCUT2D eigenvalue weighted by Crippen LogP contribution is -2.48. The molecule has 2 aromatic rings. The molecule has 1 aromatic carbocycles. The summed E-state index contributed by atoms with van der Waals surface area (Å²) < 4.78 is 14.9. The number of aryl methyl sites for hydroxylation is 1. The Kier molecular flexibility index (Phi) is 4.87. The molecule has 0 aliphatic carbocycles. The van der Waals surface area contributed by atoms with Gasteiger partial charge in [0.15, 0.2) is 5.69 Å². The fraction of sp³-hybridized carbons (Fsp3) is 0.412. The molecule has 1 aliphatic rings. The first kappa shape index (κ1) is 16.9. The fourth-order valence-electron chi connectivity index (χ4n) is 2.87. The second-order valence-electron chi connectivity index (χ2n) is 6.07. The molecule has 1 saturated heterocycles. The van der Waals surface area contributed by atoms with Gasteiger partial charge in [0.25, 0.3) is 5.91 Å². The molecule has 1 aliphatic heterocycles. The Hall–Kier alpha value is -1.92. The van der Waals surface area contributed by atoms with Crippen molar-refractivity contribution in [2.75, 3.05) is 26.2 Å². The van der Waals surface area contributed by atoms with Gasteiger partial charge in [-0.15, -0.1) is 0 Å². The van der Waals surface area contributed by atoms with Gasteiger partial charge in [0.05, 0.1) is 10.7 Å². The summed E-state index contributed by atoms with van der Waals surface area (Å²) in [4.78, 5) is 16.6. The zero-order valence-electron chi connectivity index (χ0n) is 13.8. The zero-order valence-corrected chi connectivity index (χ0v) is 14.6. The minimum Gasteiger partial charge on any atom is -0.335 e. The van der Waals surface area contributed by atoms with E-state index in [1.807, 2.05) is 13.0 Å². The molecule has 0 unspecified atom stereocenters. The van der Waals surface area contributed by atoms with E-state index in [0.29, 0.717) is 30.4 Å². The smallest absolute Gasteiger partial charge is 0.276 e. The first-order valence-corrected chi connectivity index (χ1v) is 8.28. The van der Waals surface area contributed by atoms with Crippen molar-refractivity contribution in [3.63, 3.8) is 0 Å². The maximum absolute atomic E-state index is 13.3. The van der Waals surface area contributed by atoms with Crippen molar-refractivity contribution in [3.8, 4) is 0 Å². The second kappa shape index (κ2) is 6.91. The lowest BCUT2D eigenvalue weighted by atomic mass is 10.2. The molecule has 1 amide bonds. The molecular weight excluding hydrogens is 331 g/mol. The highest BCUT2D eigenvalue weighted by atomic mass is 35.5. The third kappa shape index (κ3) is 3.44. The minimum absolute atomic E-state index is 0.130. The van der Waals surface area contributed by atoms with E-state index >= 15 is 0 Å². The van der Waals surface area contributed by atoms with Crippen molar-refractivity contribution < 1.29 is 9.18 Å². The Morgan fingerprint density at radius 2 is 2.00 bits per heavy atom. The van der Waals surface area contributed by atoms with Crippen LogP contribution in [0.25, 0.3) is 0 Å². The quantitative estimate of drug-likeness (QED) is 0.854. The predicted molar refractivity (Wildman–Crippen MR) is 90.5 cm³/mol. The van der Waals surface area contributed by atoms with E-state index in [0.717, 1.165) is 24.3 Å². The van der Waals surface area contributed by atoms with Gasteiger partial charge in [-0.2, -0.15) is 5.10 Å². The number of piperazine rings is 1. The Balaban J connectivity index is 1.60. The molecule has 5 nitrogen and oxygen atoms in total. The van der Waals surface area contributed by atoms with Gasteiger partial charge in [-0.3, -0.25) is 14.4 Å². The van der Waals surface area contributed by atoms with Crippen molar-refractivity contribution in [3.05, 3.63) is 52.1 Å². The van der Waals surface area contributed by atoms with E-state index in [4.69, 9.17) is 11.6 Å². The normalized spacial score (nSPS) is 15.8. The van der Waals surface area contributed by atoms with Crippen LogP contribution in [-0.4, -0.2) is 51.7 Å². The van der Waals surface area contributed by atoms with Crippen LogP contribution in [0.15, 0.2) is 24.3 Å². The summed E-state index contributed by atoms with van der Waals surface area (Å²) in [5, 5.41) is 4.64. The molecule has 0 saturated carbocycles. The van der Waals surface area contributed by atoms with Crippen LogP contribution in [0.4, 0.5) is 4.39 Å². The lowest BCUT2D eigenvalue weighted by molar-refractivity contribution is 0.0622. The molecule has 0 atom stereocenters. The largest absolute Gasteiger partial charge is 0.335 e. The SMILES string of the molecule is Cc1c(Cl)c(C(=O)N2CCN(Cc3cccc(F)c3)CC2)nn1C. The van der Waals surface area contributed by atoms with E-state index in [1.165, 1.54) is 6.07 Å². The summed E-state index contributed by atoms with van der Waals surface area (Å²) in [6.07, 6.45) is 0. The van der Waals surface area contributed by atoms with Gasteiger partial charge in [-0.1, -0.05) is 23.7 Å². The molecule has 0 bridgehead atoms. The van der Waals surface area contributed by atoms with Crippen molar-refractivity contribution >= 4 is 17.5 Å². The number of hydrogen-bond donors (Lipinski definition) is 0. The van der Waals surface area contributed by atoms with Crippen LogP contribution in [0, 0.1) is 12.7 Å². The standard InChI is InChI=1S/C17H20ClFN4O/c1-12-15(18)16(20-21(12)2)17(24)23-8-6-22(7-9-23)11-13-4-3-5-14(19)10-13/h3-5,10H,6-9,11H2,1-2H3. The molecular formula is C17H20ClFN4O. The highest BCUT2D eigenvalue weighted by Gasteiger charge is 2.26. The molecule has 3 rings (SSSR count). The van der Waals surface area contributed by atoms with Gasteiger partial charge in [-0.05, 0) is 24.6 Å². The van der Waals surface area contributed by atoms with Crippen molar-refractivity contribution in [2.24, 2.45) is 7.05 Å². The van der Waals surface area contributed by atoms with Crippen LogP contribution < -0.4 is 0 Å². The zero-order chi connectivity index (χ0) is 17.3. The number of amides is 1. The average molecular weight is 351 g/mol. The van der Waals surface area contributed by atoms with Crippen LogP contribution >= 0.6 is 11.6 Å². The van der Waals surface area contributed by atoms with Gasteiger partial charge >= 0.3 is 0 Å². The molecule has 0 radical (unpaired) electrons. The van der Waals surface area contributed by atoms with Crippen LogP contribution in [-0.2, 0) is 13.6 Å². The Morgan fingerprint density at radius 1 is 1.29 bits per heavy atom. The summed E-state index contributed by atoms with van der Waals surface area (Å²) in [5.74, 6) is -0.351. The molecule has 0 spiro atoms. The molecule has 1 fully saturated rings. The Labute approximate surface area is 145 Å². The molecule has 128 valence electrons. The summed E-state index contributed by atoms with van der Waals surface area (Å²) in [5.41, 5.74) is 2.04. The lowest BCUT2D eigenvalue weighted by Gasteiger charge is -2.34. The number of carbonyl (C=O) groups is 1. The van der Waals surface area contributed by atoms with E-state index < -0.39 is 0 Å². The van der Waals surface area contributed by atoms with Gasteiger partial charge in [0.1, 0.15) is 5.82 Å². The van der Waals surface area contributed by atoms with Crippen LogP contribution in [0.5, 0.6) is 0 Å². The van der Waals surface area contributed by atoms with Gasteiger partial charge in [0, 0.05) is 39.8 Å². The van der Waals surface area contributed by atoms with E-state index in [2.05, 4.69) is 10.00 Å². The number of benzene rings is 1. The summed E-state index contributed by atoms with van der Waals surface area (Å²) in [7, 11) is 1.77. The van der Waals surface area contributed by atoms with E-state index in [1.54, 1.807) is 28.8 Å². The monoisotopic (exact) mass is 350 g/mol. The number of hydrogen-bond acceptors (Lipinski definition) is 3. The van der Waals surface area contributed by atoms with E-state index in [9.17, 15) is 9.18 Å². The maximum atomic E-state index is 13.3. The van der Waals surface area contributed by atoms with Gasteiger partial charge < -0.3 is 4.90 Å². The van der Waals surface area contributed by atoms with Gasteiger partial charge in [0.2, 0.25) is 0 Å². The molecule has 1 aromatic heterocycles. The summed E-state index contributed by atoms with van der Waals surface area (Å²) in [6, 6.07) is 6.62. The van der Waals surface area contributed by atoms with Gasteiger partial charge in [-0.25, -0.2) is 4.39 Å². The highest BCUT2D eigenvalue weighted by Crippen LogP contribution is 2.21. The first-order valence-electron chi connectivity index (χ1n) is 7.91. The number of nitrogens with zero attached hydrogens (tertiary/aromatic N) is 4. The number of aromatic nitrogens is 2. The highest BCUT2D eigenvalue weighted by molar-refractivity contribution is 6.34. The molecule has 24 heavy (non-hydrogen) atoms. The van der Waals surface area contributed by atoms with E-state index in [-0.39, 0.29) is 11.7 Å². The second-order valence-corrected chi connectivity index (χ2v) is 6.45. The van der Waals surface area contributed by atoms with Crippen LogP contribution in [0.1, 0.15) is 21.7 Å². The Bertz CT molecular complexity index is 753. The molecule has 7 heteroatoms. The van der Waals surface area contributed by atoms with Crippen molar-refractivity contribution in [1.29, 1.82) is 0 Å². The first-order chi connectivity index (χ1) is 11.5. The topological polar surface area (TPSA) is 41.4 Å².